The Morgan fingerprint density at radius 1 is 0.929 bits per heavy atom. The molecule has 0 spiro atoms. The van der Waals surface area contributed by atoms with E-state index in [1.54, 1.807) is 56.3 Å². The van der Waals surface area contributed by atoms with Crippen molar-refractivity contribution < 1.29 is 18.0 Å². The summed E-state index contributed by atoms with van der Waals surface area (Å²) in [4.78, 5) is 28.9. The number of amides is 2. The number of sulfonamides is 1. The van der Waals surface area contributed by atoms with E-state index in [4.69, 9.17) is 34.8 Å². The van der Waals surface area contributed by atoms with Gasteiger partial charge in [-0.1, -0.05) is 77.5 Å². The molecule has 0 aliphatic heterocycles. The summed E-state index contributed by atoms with van der Waals surface area (Å²) >= 11 is 19.3. The van der Waals surface area contributed by atoms with Gasteiger partial charge >= 0.3 is 0 Å². The number of nitrogens with one attached hydrogen (secondary N) is 1. The fraction of sp³-hybridized carbons (Fsp3) is 0.355. The largest absolute Gasteiger partial charge is 0.352 e. The molecular weight excluding hydrogens is 617 g/mol. The van der Waals surface area contributed by atoms with E-state index >= 15 is 0 Å². The minimum Gasteiger partial charge on any atom is -0.352 e. The van der Waals surface area contributed by atoms with Gasteiger partial charge in [-0.05, 0) is 75.6 Å². The third-order valence-electron chi connectivity index (χ3n) is 7.59. The van der Waals surface area contributed by atoms with Crippen molar-refractivity contribution in [3.63, 3.8) is 0 Å². The van der Waals surface area contributed by atoms with E-state index in [9.17, 15) is 18.0 Å². The number of carbonyl (C=O) groups is 2. The molecular formula is C31H34Cl3N3O4S. The molecule has 1 aliphatic rings. The fourth-order valence-corrected chi connectivity index (χ4v) is 7.03. The molecule has 1 saturated carbocycles. The zero-order valence-electron chi connectivity index (χ0n) is 23.7. The van der Waals surface area contributed by atoms with Gasteiger partial charge in [0.2, 0.25) is 11.8 Å². The molecule has 0 heterocycles. The molecule has 224 valence electrons. The normalized spacial score (nSPS) is 14.4. The number of rotatable bonds is 10. The molecule has 0 bridgehead atoms. The molecule has 3 aromatic rings. The highest BCUT2D eigenvalue weighted by Gasteiger charge is 2.34. The van der Waals surface area contributed by atoms with Crippen LogP contribution < -0.4 is 9.62 Å². The highest BCUT2D eigenvalue weighted by atomic mass is 35.5. The Bertz CT molecular complexity index is 1540. The molecule has 1 atom stereocenters. The summed E-state index contributed by atoms with van der Waals surface area (Å²) in [5.74, 6) is -0.933. The third-order valence-corrected chi connectivity index (χ3v) is 10.5. The van der Waals surface area contributed by atoms with Crippen molar-refractivity contribution in [2.24, 2.45) is 0 Å². The van der Waals surface area contributed by atoms with Gasteiger partial charge < -0.3 is 10.2 Å². The van der Waals surface area contributed by atoms with Crippen molar-refractivity contribution in [2.75, 3.05) is 10.8 Å². The first-order valence-corrected chi connectivity index (χ1v) is 16.3. The summed E-state index contributed by atoms with van der Waals surface area (Å²) in [6, 6.07) is 15.3. The molecule has 0 radical (unpaired) electrons. The van der Waals surface area contributed by atoms with Gasteiger partial charge in [-0.25, -0.2) is 8.42 Å². The lowest BCUT2D eigenvalue weighted by molar-refractivity contribution is -0.139. The predicted octanol–water partition coefficient (Wildman–Crippen LogP) is 6.94. The lowest BCUT2D eigenvalue weighted by atomic mass is 10.1. The van der Waals surface area contributed by atoms with E-state index in [1.807, 2.05) is 6.92 Å². The molecule has 42 heavy (non-hydrogen) atoms. The van der Waals surface area contributed by atoms with Crippen LogP contribution in [0.15, 0.2) is 65.6 Å². The van der Waals surface area contributed by atoms with E-state index in [0.29, 0.717) is 20.6 Å². The minimum absolute atomic E-state index is 0.0188. The van der Waals surface area contributed by atoms with Crippen LogP contribution in [0, 0.1) is 13.8 Å². The van der Waals surface area contributed by atoms with Crippen LogP contribution in [0.25, 0.3) is 0 Å². The standard InChI is InChI=1S/C31H34Cl3N3O4S/c1-20-11-15-25(16-12-20)42(40,41)37(24-14-13-21(2)29(34)17-24)19-30(38)36(18-26-27(32)9-6-10-28(26)33)22(3)31(39)35-23-7-4-5-8-23/h6,9-17,22-23H,4-5,7-8,18-19H2,1-3H3,(H,35,39)/t22-/m0/s1. The zero-order valence-corrected chi connectivity index (χ0v) is 26.8. The number of halogens is 3. The summed E-state index contributed by atoms with van der Waals surface area (Å²) < 4.78 is 29.0. The van der Waals surface area contributed by atoms with Crippen molar-refractivity contribution in [3.05, 3.63) is 92.4 Å². The third kappa shape index (κ3) is 7.40. The van der Waals surface area contributed by atoms with Crippen LogP contribution in [0.5, 0.6) is 0 Å². The quantitative estimate of drug-likeness (QED) is 0.258. The zero-order chi connectivity index (χ0) is 30.6. The molecule has 4 rings (SSSR count). The van der Waals surface area contributed by atoms with Crippen molar-refractivity contribution in [1.82, 2.24) is 10.2 Å². The predicted molar refractivity (Wildman–Crippen MR) is 169 cm³/mol. The monoisotopic (exact) mass is 649 g/mol. The van der Waals surface area contributed by atoms with Gasteiger partial charge in [-0.2, -0.15) is 0 Å². The molecule has 0 saturated heterocycles. The van der Waals surface area contributed by atoms with Crippen molar-refractivity contribution in [2.45, 2.75) is 70.0 Å². The summed E-state index contributed by atoms with van der Waals surface area (Å²) in [6.07, 6.45) is 3.81. The fourth-order valence-electron chi connectivity index (χ4n) is 4.93. The van der Waals surface area contributed by atoms with Crippen LogP contribution in [0.4, 0.5) is 5.69 Å². The van der Waals surface area contributed by atoms with Gasteiger partial charge in [0.1, 0.15) is 12.6 Å². The van der Waals surface area contributed by atoms with Gasteiger partial charge in [0.25, 0.3) is 10.0 Å². The minimum atomic E-state index is -4.21. The second-order valence-electron chi connectivity index (χ2n) is 10.6. The Balaban J connectivity index is 1.73. The number of anilines is 1. The van der Waals surface area contributed by atoms with Gasteiger partial charge in [-0.15, -0.1) is 0 Å². The maximum atomic E-state index is 14.1. The van der Waals surface area contributed by atoms with Crippen molar-refractivity contribution in [3.8, 4) is 0 Å². The second kappa shape index (κ2) is 13.7. The van der Waals surface area contributed by atoms with E-state index in [-0.39, 0.29) is 29.1 Å². The Morgan fingerprint density at radius 2 is 1.55 bits per heavy atom. The number of aryl methyl sites for hydroxylation is 2. The molecule has 0 unspecified atom stereocenters. The summed E-state index contributed by atoms with van der Waals surface area (Å²) in [5.41, 5.74) is 2.32. The summed E-state index contributed by atoms with van der Waals surface area (Å²) in [5, 5.41) is 4.06. The molecule has 3 aromatic carbocycles. The number of benzene rings is 3. The van der Waals surface area contributed by atoms with Crippen LogP contribution in [-0.4, -0.2) is 43.8 Å². The number of hydrogen-bond acceptors (Lipinski definition) is 4. The van der Waals surface area contributed by atoms with Gasteiger partial charge in [0, 0.05) is 33.2 Å². The maximum Gasteiger partial charge on any atom is 0.264 e. The Labute approximate surface area is 262 Å². The number of hydrogen-bond donors (Lipinski definition) is 1. The molecule has 1 fully saturated rings. The SMILES string of the molecule is Cc1ccc(S(=O)(=O)N(CC(=O)N(Cc2c(Cl)cccc2Cl)[C@@H](C)C(=O)NC2CCCC2)c2ccc(C)c(Cl)c2)cc1. The molecule has 1 aliphatic carbocycles. The van der Waals surface area contributed by atoms with E-state index < -0.39 is 28.5 Å². The topological polar surface area (TPSA) is 86.8 Å². The van der Waals surface area contributed by atoms with Crippen LogP contribution in [-0.2, 0) is 26.2 Å². The first-order valence-electron chi connectivity index (χ1n) is 13.8. The average molecular weight is 651 g/mol. The maximum absolute atomic E-state index is 14.1. The molecule has 7 nitrogen and oxygen atoms in total. The average Bonchev–Trinajstić information content (AvgIpc) is 3.46. The lowest BCUT2D eigenvalue weighted by Gasteiger charge is -2.33. The Morgan fingerprint density at radius 3 is 2.14 bits per heavy atom. The van der Waals surface area contributed by atoms with Gasteiger partial charge in [0.05, 0.1) is 10.6 Å². The van der Waals surface area contributed by atoms with Crippen LogP contribution >= 0.6 is 34.8 Å². The second-order valence-corrected chi connectivity index (χ2v) is 13.7. The molecule has 0 aromatic heterocycles. The molecule has 1 N–H and O–H groups in total. The van der Waals surface area contributed by atoms with Crippen molar-refractivity contribution >= 4 is 62.3 Å². The smallest absolute Gasteiger partial charge is 0.264 e. The highest BCUT2D eigenvalue weighted by Crippen LogP contribution is 2.30. The summed E-state index contributed by atoms with van der Waals surface area (Å²) in [6.45, 7) is 4.60. The molecule has 2 amide bonds. The lowest BCUT2D eigenvalue weighted by Crippen LogP contribution is -2.52. The van der Waals surface area contributed by atoms with Crippen LogP contribution in [0.2, 0.25) is 15.1 Å². The van der Waals surface area contributed by atoms with Crippen molar-refractivity contribution in [1.29, 1.82) is 0 Å². The van der Waals surface area contributed by atoms with Gasteiger partial charge in [0.15, 0.2) is 0 Å². The number of carbonyl (C=O) groups excluding carboxylic acids is 2. The first-order chi connectivity index (χ1) is 19.9. The van der Waals surface area contributed by atoms with E-state index in [0.717, 1.165) is 41.1 Å². The highest BCUT2D eigenvalue weighted by molar-refractivity contribution is 7.92. The molecule has 11 heteroatoms. The van der Waals surface area contributed by atoms with Crippen LogP contribution in [0.1, 0.15) is 49.3 Å². The van der Waals surface area contributed by atoms with E-state index in [2.05, 4.69) is 5.32 Å². The Kier molecular flexibility index (Phi) is 10.5. The number of nitrogens with zero attached hydrogens (tertiary/aromatic N) is 2. The summed E-state index contributed by atoms with van der Waals surface area (Å²) in [7, 11) is -4.21. The van der Waals surface area contributed by atoms with Gasteiger partial charge in [-0.3, -0.25) is 13.9 Å². The Hall–Kier alpha value is -2.78. The first kappa shape index (κ1) is 32.1. The van der Waals surface area contributed by atoms with E-state index in [1.165, 1.54) is 23.1 Å². The van der Waals surface area contributed by atoms with Crippen LogP contribution in [0.3, 0.4) is 0 Å².